The molecule has 1 heterocycles. The van der Waals surface area contributed by atoms with Crippen LogP contribution in [0.3, 0.4) is 0 Å². The van der Waals surface area contributed by atoms with E-state index in [9.17, 15) is 20.0 Å². The number of nitro groups is 1. The molecule has 1 aliphatic carbocycles. The van der Waals surface area contributed by atoms with Crippen molar-refractivity contribution in [1.82, 2.24) is 4.98 Å². The Morgan fingerprint density at radius 2 is 2.20 bits per heavy atom. The first-order chi connectivity index (χ1) is 9.58. The molecule has 1 aliphatic rings. The fourth-order valence-corrected chi connectivity index (χ4v) is 2.61. The van der Waals surface area contributed by atoms with Gasteiger partial charge in [-0.1, -0.05) is 12.8 Å². The molecule has 2 atom stereocenters. The second-order valence-electron chi connectivity index (χ2n) is 5.03. The summed E-state index contributed by atoms with van der Waals surface area (Å²) in [6.07, 6.45) is 4.80. The molecule has 108 valence electrons. The van der Waals surface area contributed by atoms with Crippen LogP contribution in [0.1, 0.15) is 25.7 Å². The van der Waals surface area contributed by atoms with Gasteiger partial charge in [-0.25, -0.2) is 4.98 Å². The average molecular weight is 279 g/mol. The molecular formula is C13H17N3O4. The summed E-state index contributed by atoms with van der Waals surface area (Å²) in [6, 6.07) is 2.92. The molecule has 0 amide bonds. The SMILES string of the molecule is O=C(O)C1CCCCC1CNc1ccc([N+](=O)[O-])cn1. The lowest BCUT2D eigenvalue weighted by molar-refractivity contribution is -0.385. The third-order valence-electron chi connectivity index (χ3n) is 3.73. The molecule has 1 saturated carbocycles. The van der Waals surface area contributed by atoms with E-state index in [0.717, 1.165) is 25.7 Å². The van der Waals surface area contributed by atoms with Crippen molar-refractivity contribution in [3.63, 3.8) is 0 Å². The lowest BCUT2D eigenvalue weighted by Crippen LogP contribution is -2.31. The van der Waals surface area contributed by atoms with Crippen LogP contribution in [-0.2, 0) is 4.79 Å². The Labute approximate surface area is 116 Å². The van der Waals surface area contributed by atoms with Gasteiger partial charge >= 0.3 is 5.97 Å². The number of nitrogens with zero attached hydrogens (tertiary/aromatic N) is 2. The summed E-state index contributed by atoms with van der Waals surface area (Å²) in [7, 11) is 0. The Morgan fingerprint density at radius 3 is 2.80 bits per heavy atom. The van der Waals surface area contributed by atoms with Gasteiger partial charge in [0.05, 0.1) is 10.8 Å². The molecule has 0 saturated heterocycles. The summed E-state index contributed by atoms with van der Waals surface area (Å²) in [5, 5.41) is 22.8. The van der Waals surface area contributed by atoms with E-state index in [4.69, 9.17) is 0 Å². The fraction of sp³-hybridized carbons (Fsp3) is 0.538. The molecule has 1 aromatic rings. The van der Waals surface area contributed by atoms with Gasteiger partial charge in [0.25, 0.3) is 5.69 Å². The van der Waals surface area contributed by atoms with E-state index in [1.54, 1.807) is 0 Å². The van der Waals surface area contributed by atoms with E-state index < -0.39 is 10.9 Å². The quantitative estimate of drug-likeness (QED) is 0.632. The van der Waals surface area contributed by atoms with Crippen molar-refractivity contribution in [3.05, 3.63) is 28.4 Å². The van der Waals surface area contributed by atoms with Crippen LogP contribution in [0.4, 0.5) is 11.5 Å². The Kier molecular flexibility index (Phi) is 4.49. The molecule has 7 nitrogen and oxygen atoms in total. The standard InChI is InChI=1S/C13H17N3O4/c17-13(18)11-4-2-1-3-9(11)7-14-12-6-5-10(8-15-12)16(19)20/h5-6,8-9,11H,1-4,7H2,(H,14,15)(H,17,18). The smallest absolute Gasteiger partial charge is 0.306 e. The first kappa shape index (κ1) is 14.2. The van der Waals surface area contributed by atoms with Crippen molar-refractivity contribution in [2.45, 2.75) is 25.7 Å². The normalized spacial score (nSPS) is 22.2. The van der Waals surface area contributed by atoms with Gasteiger partial charge in [-0.05, 0) is 24.8 Å². The monoisotopic (exact) mass is 279 g/mol. The number of rotatable bonds is 5. The number of carbonyl (C=O) groups is 1. The van der Waals surface area contributed by atoms with Crippen molar-refractivity contribution in [2.24, 2.45) is 11.8 Å². The van der Waals surface area contributed by atoms with Crippen LogP contribution in [0, 0.1) is 22.0 Å². The fourth-order valence-electron chi connectivity index (χ4n) is 2.61. The molecule has 0 aromatic carbocycles. The van der Waals surface area contributed by atoms with Crippen LogP contribution in [0.15, 0.2) is 18.3 Å². The summed E-state index contributed by atoms with van der Waals surface area (Å²) >= 11 is 0. The van der Waals surface area contributed by atoms with Crippen LogP contribution in [0.5, 0.6) is 0 Å². The van der Waals surface area contributed by atoms with E-state index in [1.165, 1.54) is 18.3 Å². The Bertz CT molecular complexity index is 489. The maximum absolute atomic E-state index is 11.2. The highest BCUT2D eigenvalue weighted by atomic mass is 16.6. The van der Waals surface area contributed by atoms with Gasteiger partial charge in [0, 0.05) is 12.6 Å². The molecule has 2 N–H and O–H groups in total. The van der Waals surface area contributed by atoms with Gasteiger partial charge in [0.1, 0.15) is 12.0 Å². The summed E-state index contributed by atoms with van der Waals surface area (Å²) in [6.45, 7) is 0.530. The molecule has 2 rings (SSSR count). The van der Waals surface area contributed by atoms with E-state index in [1.807, 2.05) is 0 Å². The number of aromatic nitrogens is 1. The van der Waals surface area contributed by atoms with Gasteiger partial charge in [-0.15, -0.1) is 0 Å². The minimum atomic E-state index is -0.742. The van der Waals surface area contributed by atoms with Crippen LogP contribution in [0.2, 0.25) is 0 Å². The van der Waals surface area contributed by atoms with Crippen LogP contribution in [-0.4, -0.2) is 27.5 Å². The predicted octanol–water partition coefficient (Wildman–Crippen LogP) is 2.29. The number of hydrogen-bond acceptors (Lipinski definition) is 5. The molecule has 0 spiro atoms. The Hall–Kier alpha value is -2.18. The van der Waals surface area contributed by atoms with Crippen LogP contribution >= 0.6 is 0 Å². The van der Waals surface area contributed by atoms with Crippen molar-refractivity contribution in [2.75, 3.05) is 11.9 Å². The molecule has 20 heavy (non-hydrogen) atoms. The first-order valence-corrected chi connectivity index (χ1v) is 6.65. The highest BCUT2D eigenvalue weighted by Crippen LogP contribution is 2.30. The number of hydrogen-bond donors (Lipinski definition) is 2. The molecule has 7 heteroatoms. The second-order valence-corrected chi connectivity index (χ2v) is 5.03. The number of aliphatic carboxylic acids is 1. The first-order valence-electron chi connectivity index (χ1n) is 6.65. The number of carboxylic acids is 1. The Morgan fingerprint density at radius 1 is 1.45 bits per heavy atom. The number of anilines is 1. The average Bonchev–Trinajstić information content (AvgIpc) is 2.45. The number of nitrogens with one attached hydrogen (secondary N) is 1. The molecule has 0 radical (unpaired) electrons. The maximum atomic E-state index is 11.2. The van der Waals surface area contributed by atoms with Gasteiger partial charge < -0.3 is 10.4 Å². The van der Waals surface area contributed by atoms with E-state index in [0.29, 0.717) is 12.4 Å². The van der Waals surface area contributed by atoms with Crippen molar-refractivity contribution >= 4 is 17.5 Å². The van der Waals surface area contributed by atoms with E-state index >= 15 is 0 Å². The molecule has 1 aromatic heterocycles. The Balaban J connectivity index is 1.93. The lowest BCUT2D eigenvalue weighted by atomic mass is 9.79. The van der Waals surface area contributed by atoms with Crippen molar-refractivity contribution in [1.29, 1.82) is 0 Å². The summed E-state index contributed by atoms with van der Waals surface area (Å²) in [5.41, 5.74) is -0.0587. The zero-order valence-electron chi connectivity index (χ0n) is 11.0. The molecule has 2 unspecified atom stereocenters. The van der Waals surface area contributed by atoms with Crippen molar-refractivity contribution < 1.29 is 14.8 Å². The molecular weight excluding hydrogens is 262 g/mol. The predicted molar refractivity (Wildman–Crippen MR) is 72.5 cm³/mol. The van der Waals surface area contributed by atoms with Crippen LogP contribution in [0.25, 0.3) is 0 Å². The summed E-state index contributed by atoms with van der Waals surface area (Å²) in [4.78, 5) is 25.1. The number of carboxylic acid groups (broad SMARTS) is 1. The van der Waals surface area contributed by atoms with Crippen LogP contribution < -0.4 is 5.32 Å². The van der Waals surface area contributed by atoms with E-state index in [2.05, 4.69) is 10.3 Å². The molecule has 0 aliphatic heterocycles. The summed E-state index contributed by atoms with van der Waals surface area (Å²) in [5.74, 6) is -0.439. The lowest BCUT2D eigenvalue weighted by Gasteiger charge is -2.28. The highest BCUT2D eigenvalue weighted by Gasteiger charge is 2.30. The number of pyridine rings is 1. The third-order valence-corrected chi connectivity index (χ3v) is 3.73. The maximum Gasteiger partial charge on any atom is 0.306 e. The van der Waals surface area contributed by atoms with Gasteiger partial charge in [0.15, 0.2) is 0 Å². The van der Waals surface area contributed by atoms with Gasteiger partial charge in [0.2, 0.25) is 0 Å². The van der Waals surface area contributed by atoms with Crippen molar-refractivity contribution in [3.8, 4) is 0 Å². The zero-order valence-corrected chi connectivity index (χ0v) is 11.0. The zero-order chi connectivity index (χ0) is 14.5. The minimum Gasteiger partial charge on any atom is -0.481 e. The highest BCUT2D eigenvalue weighted by molar-refractivity contribution is 5.70. The molecule has 0 bridgehead atoms. The van der Waals surface area contributed by atoms with E-state index in [-0.39, 0.29) is 17.5 Å². The second kappa shape index (κ2) is 6.31. The van der Waals surface area contributed by atoms with Gasteiger partial charge in [-0.2, -0.15) is 0 Å². The largest absolute Gasteiger partial charge is 0.481 e. The summed E-state index contributed by atoms with van der Waals surface area (Å²) < 4.78 is 0. The topological polar surface area (TPSA) is 105 Å². The minimum absolute atomic E-state index is 0.0587. The third kappa shape index (κ3) is 3.43. The molecule has 1 fully saturated rings. The van der Waals surface area contributed by atoms with Gasteiger partial charge in [-0.3, -0.25) is 14.9 Å².